The summed E-state index contributed by atoms with van der Waals surface area (Å²) in [6, 6.07) is 14.2. The molecule has 3 N–H and O–H groups in total. The smallest absolute Gasteiger partial charge is 0.408 e. The number of anilines is 3. The number of alkyl carbamates (subject to hydrolysis) is 1. The molecule has 0 aliphatic carbocycles. The summed E-state index contributed by atoms with van der Waals surface area (Å²) in [5.74, 6) is -0.263. The van der Waals surface area contributed by atoms with Gasteiger partial charge in [-0.05, 0) is 76.1 Å². The van der Waals surface area contributed by atoms with Gasteiger partial charge in [-0.15, -0.1) is 0 Å². The zero-order valence-electron chi connectivity index (χ0n) is 24.5. The van der Waals surface area contributed by atoms with Gasteiger partial charge in [0.25, 0.3) is 0 Å². The van der Waals surface area contributed by atoms with Gasteiger partial charge in [0, 0.05) is 29.4 Å². The zero-order valence-corrected chi connectivity index (χ0v) is 24.5. The molecule has 3 aromatic rings. The summed E-state index contributed by atoms with van der Waals surface area (Å²) in [5, 5.41) is 28.1. The van der Waals surface area contributed by atoms with Crippen LogP contribution in [0.2, 0.25) is 0 Å². The van der Waals surface area contributed by atoms with Crippen LogP contribution < -0.4 is 16.0 Å². The van der Waals surface area contributed by atoms with Gasteiger partial charge in [0.2, 0.25) is 5.95 Å². The highest BCUT2D eigenvalue weighted by molar-refractivity contribution is 5.81. The van der Waals surface area contributed by atoms with Crippen molar-refractivity contribution in [2.45, 2.75) is 58.6 Å². The van der Waals surface area contributed by atoms with Crippen LogP contribution in [0.1, 0.15) is 56.9 Å². The van der Waals surface area contributed by atoms with Gasteiger partial charge in [0.05, 0.1) is 28.6 Å². The van der Waals surface area contributed by atoms with Gasteiger partial charge in [-0.3, -0.25) is 0 Å². The average molecular weight is 568 g/mol. The molecule has 0 fully saturated rings. The van der Waals surface area contributed by atoms with E-state index in [2.05, 4.69) is 38.1 Å². The molecule has 11 heteroatoms. The molecule has 0 saturated heterocycles. The monoisotopic (exact) mass is 567 g/mol. The van der Waals surface area contributed by atoms with Crippen LogP contribution >= 0.6 is 0 Å². The second-order valence-electron chi connectivity index (χ2n) is 11.5. The van der Waals surface area contributed by atoms with E-state index in [9.17, 15) is 20.1 Å². The van der Waals surface area contributed by atoms with E-state index >= 15 is 0 Å². The number of ether oxygens (including phenoxy) is 2. The van der Waals surface area contributed by atoms with Crippen LogP contribution in [-0.4, -0.2) is 46.8 Å². The van der Waals surface area contributed by atoms with Gasteiger partial charge in [-0.1, -0.05) is 13.0 Å². The Morgan fingerprint density at radius 1 is 1.17 bits per heavy atom. The number of carbonyl (C=O) groups is 2. The number of aromatic nitrogens is 2. The Balaban J connectivity index is 1.55. The molecule has 0 spiro atoms. The predicted octanol–water partition coefficient (Wildman–Crippen LogP) is 5.08. The number of hydrogen-bond donors (Lipinski definition) is 3. The number of amides is 1. The number of nitrogens with zero attached hydrogens (tertiary/aromatic N) is 4. The zero-order chi connectivity index (χ0) is 30.7. The maximum atomic E-state index is 12.7. The highest BCUT2D eigenvalue weighted by atomic mass is 16.6. The number of nitriles is 2. The van der Waals surface area contributed by atoms with Gasteiger partial charge >= 0.3 is 12.1 Å². The Morgan fingerprint density at radius 2 is 1.93 bits per heavy atom. The van der Waals surface area contributed by atoms with E-state index in [1.807, 2.05) is 26.0 Å². The number of esters is 1. The molecule has 1 aliphatic rings. The van der Waals surface area contributed by atoms with Crippen LogP contribution in [0, 0.1) is 29.6 Å². The Hall–Kier alpha value is -5.16. The molecular formula is C31H33N7O4. The Morgan fingerprint density at radius 3 is 2.62 bits per heavy atom. The van der Waals surface area contributed by atoms with Crippen molar-refractivity contribution in [1.29, 1.82) is 10.5 Å². The lowest BCUT2D eigenvalue weighted by atomic mass is 9.83. The number of nitrogens with one attached hydrogen (secondary N) is 3. The van der Waals surface area contributed by atoms with E-state index in [0.717, 1.165) is 11.1 Å². The minimum absolute atomic E-state index is 0.0194. The molecule has 2 heterocycles. The maximum Gasteiger partial charge on any atom is 0.408 e. The van der Waals surface area contributed by atoms with Crippen LogP contribution in [0.5, 0.6) is 0 Å². The molecular weight excluding hydrogens is 534 g/mol. The maximum absolute atomic E-state index is 12.7. The molecule has 1 unspecified atom stereocenters. The molecule has 42 heavy (non-hydrogen) atoms. The van der Waals surface area contributed by atoms with Crippen molar-refractivity contribution >= 4 is 29.4 Å². The number of hydrogen-bond acceptors (Lipinski definition) is 10. The summed E-state index contributed by atoms with van der Waals surface area (Å²) in [7, 11) is 0. The molecule has 2 atom stereocenters. The van der Waals surface area contributed by atoms with E-state index in [-0.39, 0.29) is 6.61 Å². The SMILES string of the molecule is Cc1ccc(C#N)cc1Nc1nccc(-c2cc(C#N)c3c(c2)C(C)(COC(=O)[C@H](C)NC(=O)OC(C)(C)C)CN3)n1. The third-order valence-corrected chi connectivity index (χ3v) is 6.75. The van der Waals surface area contributed by atoms with Gasteiger partial charge < -0.3 is 25.4 Å². The Bertz CT molecular complexity index is 1620. The third-order valence-electron chi connectivity index (χ3n) is 6.75. The first-order valence-electron chi connectivity index (χ1n) is 13.4. The first kappa shape index (κ1) is 29.8. The van der Waals surface area contributed by atoms with Crippen molar-refractivity contribution < 1.29 is 19.1 Å². The van der Waals surface area contributed by atoms with Crippen molar-refractivity contribution in [2.75, 3.05) is 23.8 Å². The number of aryl methyl sites for hydroxylation is 1. The van der Waals surface area contributed by atoms with Crippen molar-refractivity contribution in [3.8, 4) is 23.4 Å². The summed E-state index contributed by atoms with van der Waals surface area (Å²) >= 11 is 0. The molecule has 11 nitrogen and oxygen atoms in total. The van der Waals surface area contributed by atoms with Gasteiger partial charge in [-0.2, -0.15) is 10.5 Å². The minimum Gasteiger partial charge on any atom is -0.463 e. The van der Waals surface area contributed by atoms with Crippen LogP contribution in [0.25, 0.3) is 11.3 Å². The van der Waals surface area contributed by atoms with E-state index < -0.39 is 29.1 Å². The average Bonchev–Trinajstić information content (AvgIpc) is 3.28. The lowest BCUT2D eigenvalue weighted by molar-refractivity contribution is -0.147. The second kappa shape index (κ2) is 11.8. The molecule has 4 rings (SSSR count). The molecule has 2 aromatic carbocycles. The fourth-order valence-electron chi connectivity index (χ4n) is 4.48. The molecule has 0 radical (unpaired) electrons. The standard InChI is InChI=1S/C31H33N7O4/c1-18-7-8-20(14-32)11-25(18)38-28-34-10-9-24(37-28)21-12-22(15-33)26-23(13-21)31(6,16-35-26)17-41-27(39)19(2)36-29(40)42-30(3,4)5/h7-13,19,35H,16-17H2,1-6H3,(H,36,40)(H,34,37,38)/t19-,31?/m0/s1. The summed E-state index contributed by atoms with van der Waals surface area (Å²) in [4.78, 5) is 33.8. The van der Waals surface area contributed by atoms with Crippen molar-refractivity contribution in [1.82, 2.24) is 15.3 Å². The highest BCUT2D eigenvalue weighted by Crippen LogP contribution is 2.41. The van der Waals surface area contributed by atoms with Crippen molar-refractivity contribution in [3.05, 3.63) is 64.8 Å². The first-order chi connectivity index (χ1) is 19.8. The van der Waals surface area contributed by atoms with Gasteiger partial charge in [0.15, 0.2) is 0 Å². The van der Waals surface area contributed by atoms with E-state index in [1.165, 1.54) is 6.92 Å². The topological polar surface area (TPSA) is 162 Å². The Labute approximate surface area is 244 Å². The summed E-state index contributed by atoms with van der Waals surface area (Å²) in [6.45, 7) is 11.0. The Kier molecular flexibility index (Phi) is 8.34. The molecule has 1 aliphatic heterocycles. The van der Waals surface area contributed by atoms with Gasteiger partial charge in [-0.25, -0.2) is 19.6 Å². The summed E-state index contributed by atoms with van der Waals surface area (Å²) in [6.07, 6.45) is 0.909. The minimum atomic E-state index is -0.914. The third kappa shape index (κ3) is 6.76. The largest absolute Gasteiger partial charge is 0.463 e. The molecule has 1 aromatic heterocycles. The van der Waals surface area contributed by atoms with Gasteiger partial charge in [0.1, 0.15) is 24.3 Å². The van der Waals surface area contributed by atoms with Crippen LogP contribution in [-0.2, 0) is 19.7 Å². The quantitative estimate of drug-likeness (QED) is 0.328. The van der Waals surface area contributed by atoms with Crippen LogP contribution in [0.15, 0.2) is 42.6 Å². The predicted molar refractivity (Wildman–Crippen MR) is 157 cm³/mol. The summed E-state index contributed by atoms with van der Waals surface area (Å²) in [5.41, 5.74) is 4.01. The lowest BCUT2D eigenvalue weighted by Gasteiger charge is -2.26. The van der Waals surface area contributed by atoms with E-state index in [1.54, 1.807) is 51.2 Å². The molecule has 1 amide bonds. The first-order valence-corrected chi connectivity index (χ1v) is 13.4. The molecule has 216 valence electrons. The number of rotatable bonds is 7. The van der Waals surface area contributed by atoms with Crippen molar-refractivity contribution in [3.63, 3.8) is 0 Å². The fraction of sp³-hybridized carbons (Fsp3) is 0.355. The van der Waals surface area contributed by atoms with Crippen LogP contribution in [0.4, 0.5) is 22.1 Å². The number of carbonyl (C=O) groups excluding carboxylic acids is 2. The highest BCUT2D eigenvalue weighted by Gasteiger charge is 2.38. The molecule has 0 saturated carbocycles. The van der Waals surface area contributed by atoms with Crippen LogP contribution in [0.3, 0.4) is 0 Å². The fourth-order valence-corrected chi connectivity index (χ4v) is 4.48. The second-order valence-corrected chi connectivity index (χ2v) is 11.5. The normalized spacial score (nSPS) is 16.2. The van der Waals surface area contributed by atoms with E-state index in [0.29, 0.717) is 46.3 Å². The van der Waals surface area contributed by atoms with Crippen molar-refractivity contribution in [2.24, 2.45) is 0 Å². The number of fused-ring (bicyclic) bond motifs is 1. The lowest BCUT2D eigenvalue weighted by Crippen LogP contribution is -2.43. The summed E-state index contributed by atoms with van der Waals surface area (Å²) < 4.78 is 10.8. The molecule has 0 bridgehead atoms. The van der Waals surface area contributed by atoms with E-state index in [4.69, 9.17) is 9.47 Å². The number of benzene rings is 2.